The highest BCUT2D eigenvalue weighted by Crippen LogP contribution is 2.27. The molecule has 2 rings (SSSR count). The minimum Gasteiger partial charge on any atom is -0.356 e. The number of carbonyl (C=O) groups excluding carboxylic acids is 1. The normalized spacial score (nSPS) is 22.2. The molecule has 0 aliphatic carbocycles. The number of hydrogen-bond donors (Lipinski definition) is 0. The van der Waals surface area contributed by atoms with Crippen molar-refractivity contribution in [3.05, 3.63) is 35.6 Å². The number of amides is 1. The van der Waals surface area contributed by atoms with Gasteiger partial charge in [-0.05, 0) is 38.5 Å². The van der Waals surface area contributed by atoms with Gasteiger partial charge in [0.2, 0.25) is 5.91 Å². The highest BCUT2D eigenvalue weighted by molar-refractivity contribution is 5.80. The van der Waals surface area contributed by atoms with E-state index >= 15 is 0 Å². The van der Waals surface area contributed by atoms with E-state index in [9.17, 15) is 9.18 Å². The topological polar surface area (TPSA) is 29.5 Å². The number of ether oxygens (including phenoxy) is 1. The Morgan fingerprint density at radius 2 is 2.28 bits per heavy atom. The summed E-state index contributed by atoms with van der Waals surface area (Å²) in [6.07, 6.45) is -0.0180. The first-order chi connectivity index (χ1) is 8.40. The van der Waals surface area contributed by atoms with Crippen molar-refractivity contribution < 1.29 is 13.9 Å². The van der Waals surface area contributed by atoms with E-state index in [0.29, 0.717) is 12.2 Å². The molecule has 1 fully saturated rings. The summed E-state index contributed by atoms with van der Waals surface area (Å²) in [5.41, 5.74) is 0.388. The Kier molecular flexibility index (Phi) is 3.39. The van der Waals surface area contributed by atoms with Gasteiger partial charge in [-0.1, -0.05) is 12.1 Å². The standard InChI is InChI=1S/C14H18FNO2/c1-10-16(14(2,3)9-18-10)13(17)8-11-5-4-6-12(15)7-11/h4-7,10H,8-9H2,1-3H3. The Balaban J connectivity index is 2.13. The van der Waals surface area contributed by atoms with Crippen LogP contribution in [0, 0.1) is 5.82 Å². The Bertz CT molecular complexity index is 459. The highest BCUT2D eigenvalue weighted by atomic mass is 19.1. The summed E-state index contributed by atoms with van der Waals surface area (Å²) in [6, 6.07) is 6.15. The van der Waals surface area contributed by atoms with E-state index in [1.807, 2.05) is 20.8 Å². The number of nitrogens with zero attached hydrogens (tertiary/aromatic N) is 1. The van der Waals surface area contributed by atoms with Gasteiger partial charge in [0.05, 0.1) is 18.6 Å². The van der Waals surface area contributed by atoms with Crippen LogP contribution in [0.3, 0.4) is 0 Å². The quantitative estimate of drug-likeness (QED) is 0.807. The van der Waals surface area contributed by atoms with Gasteiger partial charge >= 0.3 is 0 Å². The molecular formula is C14H18FNO2. The SMILES string of the molecule is CC1OCC(C)(C)N1C(=O)Cc1cccc(F)c1. The summed E-state index contributed by atoms with van der Waals surface area (Å²) < 4.78 is 18.6. The molecule has 0 saturated carbocycles. The second kappa shape index (κ2) is 4.69. The minimum atomic E-state index is -0.315. The van der Waals surface area contributed by atoms with Crippen LogP contribution in [0.15, 0.2) is 24.3 Å². The summed E-state index contributed by atoms with van der Waals surface area (Å²) in [7, 11) is 0. The third-order valence-electron chi connectivity index (χ3n) is 3.21. The van der Waals surface area contributed by atoms with Gasteiger partial charge in [0.15, 0.2) is 0 Å². The van der Waals surface area contributed by atoms with Gasteiger partial charge in [0, 0.05) is 0 Å². The van der Waals surface area contributed by atoms with E-state index in [4.69, 9.17) is 4.74 Å². The average Bonchev–Trinajstić information content (AvgIpc) is 2.52. The highest BCUT2D eigenvalue weighted by Gasteiger charge is 2.41. The van der Waals surface area contributed by atoms with Crippen LogP contribution in [-0.4, -0.2) is 29.2 Å². The third kappa shape index (κ3) is 2.53. The van der Waals surface area contributed by atoms with E-state index in [1.54, 1.807) is 17.0 Å². The summed E-state index contributed by atoms with van der Waals surface area (Å²) in [4.78, 5) is 14.0. The fraction of sp³-hybridized carbons (Fsp3) is 0.500. The van der Waals surface area contributed by atoms with E-state index in [1.165, 1.54) is 12.1 Å². The number of benzene rings is 1. The zero-order chi connectivity index (χ0) is 13.3. The molecule has 0 bridgehead atoms. The Hall–Kier alpha value is -1.42. The van der Waals surface area contributed by atoms with Gasteiger partial charge in [-0.2, -0.15) is 0 Å². The first kappa shape index (κ1) is 13.0. The maximum atomic E-state index is 13.1. The summed E-state index contributed by atoms with van der Waals surface area (Å²) in [5, 5.41) is 0. The van der Waals surface area contributed by atoms with Crippen LogP contribution >= 0.6 is 0 Å². The zero-order valence-electron chi connectivity index (χ0n) is 10.9. The van der Waals surface area contributed by atoms with Crippen molar-refractivity contribution in [2.75, 3.05) is 6.61 Å². The lowest BCUT2D eigenvalue weighted by molar-refractivity contribution is -0.138. The van der Waals surface area contributed by atoms with Crippen LogP contribution in [0.25, 0.3) is 0 Å². The van der Waals surface area contributed by atoms with Crippen LogP contribution in [0.1, 0.15) is 26.3 Å². The molecule has 1 aliphatic rings. The second-order valence-corrected chi connectivity index (χ2v) is 5.29. The van der Waals surface area contributed by atoms with Gasteiger partial charge in [0.25, 0.3) is 0 Å². The van der Waals surface area contributed by atoms with Crippen LogP contribution in [0.2, 0.25) is 0 Å². The zero-order valence-corrected chi connectivity index (χ0v) is 10.9. The van der Waals surface area contributed by atoms with Gasteiger partial charge in [-0.3, -0.25) is 4.79 Å². The van der Waals surface area contributed by atoms with Crippen LogP contribution < -0.4 is 0 Å². The molecule has 98 valence electrons. The third-order valence-corrected chi connectivity index (χ3v) is 3.21. The average molecular weight is 251 g/mol. The summed E-state index contributed by atoms with van der Waals surface area (Å²) >= 11 is 0. The van der Waals surface area contributed by atoms with Crippen molar-refractivity contribution in [3.63, 3.8) is 0 Å². The molecule has 1 aromatic rings. The monoisotopic (exact) mass is 251 g/mol. The van der Waals surface area contributed by atoms with Crippen molar-refractivity contribution in [1.82, 2.24) is 4.90 Å². The molecule has 1 aliphatic heterocycles. The molecule has 0 N–H and O–H groups in total. The molecule has 1 saturated heterocycles. The smallest absolute Gasteiger partial charge is 0.229 e. The predicted octanol–water partition coefficient (Wildman–Crippen LogP) is 2.35. The first-order valence-corrected chi connectivity index (χ1v) is 6.08. The number of carbonyl (C=O) groups is 1. The van der Waals surface area contributed by atoms with E-state index < -0.39 is 0 Å². The summed E-state index contributed by atoms with van der Waals surface area (Å²) in [6.45, 7) is 6.33. The number of halogens is 1. The Morgan fingerprint density at radius 3 is 2.83 bits per heavy atom. The molecule has 0 aromatic heterocycles. The molecular weight excluding hydrogens is 233 g/mol. The van der Waals surface area contributed by atoms with Crippen molar-refractivity contribution in [2.45, 2.75) is 39.0 Å². The molecule has 0 spiro atoms. The van der Waals surface area contributed by atoms with Crippen LogP contribution in [0.5, 0.6) is 0 Å². The molecule has 3 nitrogen and oxygen atoms in total. The largest absolute Gasteiger partial charge is 0.356 e. The van der Waals surface area contributed by atoms with E-state index in [2.05, 4.69) is 0 Å². The van der Waals surface area contributed by atoms with Crippen molar-refractivity contribution in [1.29, 1.82) is 0 Å². The minimum absolute atomic E-state index is 0.0319. The van der Waals surface area contributed by atoms with Gasteiger partial charge in [-0.25, -0.2) is 4.39 Å². The molecule has 1 unspecified atom stereocenters. The predicted molar refractivity (Wildman–Crippen MR) is 66.4 cm³/mol. The fourth-order valence-electron chi connectivity index (χ4n) is 2.41. The molecule has 18 heavy (non-hydrogen) atoms. The maximum absolute atomic E-state index is 13.1. The number of hydrogen-bond acceptors (Lipinski definition) is 2. The molecule has 1 aromatic carbocycles. The van der Waals surface area contributed by atoms with Gasteiger partial charge < -0.3 is 9.64 Å². The van der Waals surface area contributed by atoms with E-state index in [-0.39, 0.29) is 29.9 Å². The van der Waals surface area contributed by atoms with Crippen molar-refractivity contribution >= 4 is 5.91 Å². The van der Waals surface area contributed by atoms with Crippen molar-refractivity contribution in [3.8, 4) is 0 Å². The maximum Gasteiger partial charge on any atom is 0.229 e. The van der Waals surface area contributed by atoms with Crippen LogP contribution in [0.4, 0.5) is 4.39 Å². The first-order valence-electron chi connectivity index (χ1n) is 6.08. The summed E-state index contributed by atoms with van der Waals surface area (Å²) in [5.74, 6) is -0.346. The van der Waals surface area contributed by atoms with Crippen LogP contribution in [-0.2, 0) is 16.0 Å². The fourth-order valence-corrected chi connectivity index (χ4v) is 2.41. The second-order valence-electron chi connectivity index (χ2n) is 5.29. The lowest BCUT2D eigenvalue weighted by Crippen LogP contribution is -2.48. The van der Waals surface area contributed by atoms with Gasteiger partial charge in [-0.15, -0.1) is 0 Å². The molecule has 1 atom stereocenters. The molecule has 4 heteroatoms. The molecule has 0 radical (unpaired) electrons. The molecule has 1 amide bonds. The lowest BCUT2D eigenvalue weighted by atomic mass is 10.0. The van der Waals surface area contributed by atoms with E-state index in [0.717, 1.165) is 0 Å². The lowest BCUT2D eigenvalue weighted by Gasteiger charge is -2.32. The van der Waals surface area contributed by atoms with Gasteiger partial charge in [0.1, 0.15) is 12.0 Å². The number of rotatable bonds is 2. The van der Waals surface area contributed by atoms with Crippen molar-refractivity contribution in [2.24, 2.45) is 0 Å². The Labute approximate surface area is 107 Å². The molecule has 1 heterocycles. The Morgan fingerprint density at radius 1 is 1.56 bits per heavy atom.